The van der Waals surface area contributed by atoms with Crippen LogP contribution in [0.3, 0.4) is 0 Å². The molecule has 1 aliphatic heterocycles. The van der Waals surface area contributed by atoms with Gasteiger partial charge in [-0.15, -0.1) is 0 Å². The predicted octanol–water partition coefficient (Wildman–Crippen LogP) is 0.243. The summed E-state index contributed by atoms with van der Waals surface area (Å²) in [5.74, 6) is -1.03. The Balaban J connectivity index is 1.89. The van der Waals surface area contributed by atoms with Crippen LogP contribution in [0.15, 0.2) is 17.2 Å². The maximum atomic E-state index is 12.4. The molecule has 9 nitrogen and oxygen atoms in total. The molecule has 1 amide bonds. The highest BCUT2D eigenvalue weighted by Crippen LogP contribution is 2.27. The molecule has 2 aromatic heterocycles. The van der Waals surface area contributed by atoms with Gasteiger partial charge in [0.05, 0.1) is 37.3 Å². The number of aromatic nitrogens is 4. The van der Waals surface area contributed by atoms with Crippen LogP contribution in [-0.2, 0) is 23.4 Å². The van der Waals surface area contributed by atoms with Crippen molar-refractivity contribution in [2.45, 2.75) is 39.5 Å². The normalized spacial score (nSPS) is 15.5. The van der Waals surface area contributed by atoms with Gasteiger partial charge in [-0.1, -0.05) is 0 Å². The van der Waals surface area contributed by atoms with Gasteiger partial charge in [0.25, 0.3) is 11.5 Å². The lowest BCUT2D eigenvalue weighted by Gasteiger charge is -2.32. The Morgan fingerprint density at radius 1 is 1.40 bits per heavy atom. The number of rotatable bonds is 3. The summed E-state index contributed by atoms with van der Waals surface area (Å²) in [6.45, 7) is 6.03. The summed E-state index contributed by atoms with van der Waals surface area (Å²) in [6, 6.07) is 0. The molecule has 0 bridgehead atoms. The van der Waals surface area contributed by atoms with Crippen LogP contribution in [0, 0.1) is 6.92 Å². The average molecular weight is 345 g/mol. The Labute approximate surface area is 143 Å². The van der Waals surface area contributed by atoms with E-state index >= 15 is 0 Å². The van der Waals surface area contributed by atoms with Crippen molar-refractivity contribution < 1.29 is 14.6 Å². The summed E-state index contributed by atoms with van der Waals surface area (Å²) in [7, 11) is 0. The lowest BCUT2D eigenvalue weighted by Crippen LogP contribution is -2.42. The fourth-order valence-electron chi connectivity index (χ4n) is 2.59. The molecular formula is C16H19N5O4. The maximum absolute atomic E-state index is 12.4. The van der Waals surface area contributed by atoms with Gasteiger partial charge in [-0.3, -0.25) is 24.1 Å². The number of carbonyl (C=O) groups is 1. The van der Waals surface area contributed by atoms with Crippen LogP contribution in [0.1, 0.15) is 41.5 Å². The molecule has 0 unspecified atom stereocenters. The number of amides is 1. The lowest BCUT2D eigenvalue weighted by atomic mass is 10.1. The third-order valence-electron chi connectivity index (χ3n) is 3.94. The van der Waals surface area contributed by atoms with Crippen molar-refractivity contribution in [1.29, 1.82) is 0 Å². The first-order chi connectivity index (χ1) is 11.8. The molecule has 0 saturated carbocycles. The summed E-state index contributed by atoms with van der Waals surface area (Å²) in [4.78, 5) is 37.2. The van der Waals surface area contributed by atoms with Crippen molar-refractivity contribution in [3.8, 4) is 5.75 Å². The maximum Gasteiger partial charge on any atom is 0.296 e. The number of carbonyl (C=O) groups excluding carboxylic acids is 1. The molecule has 0 radical (unpaired) electrons. The number of hydrogen-bond acceptors (Lipinski definition) is 7. The highest BCUT2D eigenvalue weighted by atomic mass is 16.5. The number of aromatic hydroxyl groups is 1. The van der Waals surface area contributed by atoms with Crippen molar-refractivity contribution in [2.75, 3.05) is 6.61 Å². The van der Waals surface area contributed by atoms with E-state index in [4.69, 9.17) is 4.74 Å². The molecule has 0 aromatic carbocycles. The molecule has 132 valence electrons. The first-order valence-electron chi connectivity index (χ1n) is 7.83. The van der Waals surface area contributed by atoms with Crippen LogP contribution in [0.5, 0.6) is 5.75 Å². The fourth-order valence-corrected chi connectivity index (χ4v) is 2.59. The molecule has 0 atom stereocenters. The van der Waals surface area contributed by atoms with Crippen LogP contribution in [-0.4, -0.2) is 37.1 Å². The quantitative estimate of drug-likeness (QED) is 0.818. The molecule has 2 N–H and O–H groups in total. The van der Waals surface area contributed by atoms with Crippen LogP contribution in [0.4, 0.5) is 0 Å². The molecule has 9 heteroatoms. The van der Waals surface area contributed by atoms with Crippen LogP contribution >= 0.6 is 0 Å². The van der Waals surface area contributed by atoms with Gasteiger partial charge in [0.2, 0.25) is 5.75 Å². The van der Waals surface area contributed by atoms with Crippen molar-refractivity contribution in [2.24, 2.45) is 0 Å². The Kier molecular flexibility index (Phi) is 4.25. The van der Waals surface area contributed by atoms with Crippen LogP contribution < -0.4 is 10.9 Å². The van der Waals surface area contributed by atoms with E-state index in [1.54, 1.807) is 26.2 Å². The number of nitrogens with zero attached hydrogens (tertiary/aromatic N) is 4. The first-order valence-corrected chi connectivity index (χ1v) is 7.83. The van der Waals surface area contributed by atoms with E-state index in [9.17, 15) is 14.7 Å². The van der Waals surface area contributed by atoms with Crippen molar-refractivity contribution in [1.82, 2.24) is 24.8 Å². The standard InChI is InChI=1S/C16H19N5O4/c1-9-6-18-10(7-17-9)8-19-13(23)11-12(22)14(24)21-4-5-25-16(2,3)15(21)20-11/h6-7,22H,4-5,8H2,1-3H3,(H,19,23). The minimum atomic E-state index is -0.831. The van der Waals surface area contributed by atoms with E-state index in [-0.39, 0.29) is 18.8 Å². The number of hydrogen-bond donors (Lipinski definition) is 2. The zero-order valence-electron chi connectivity index (χ0n) is 14.2. The van der Waals surface area contributed by atoms with Gasteiger partial charge in [0, 0.05) is 6.20 Å². The van der Waals surface area contributed by atoms with Gasteiger partial charge < -0.3 is 15.2 Å². The van der Waals surface area contributed by atoms with E-state index in [1.165, 1.54) is 4.57 Å². The van der Waals surface area contributed by atoms with Gasteiger partial charge >= 0.3 is 0 Å². The van der Waals surface area contributed by atoms with Crippen molar-refractivity contribution in [3.63, 3.8) is 0 Å². The summed E-state index contributed by atoms with van der Waals surface area (Å²) in [5, 5.41) is 12.7. The molecule has 3 heterocycles. The first kappa shape index (κ1) is 17.0. The smallest absolute Gasteiger partial charge is 0.296 e. The molecule has 3 rings (SSSR count). The molecule has 0 spiro atoms. The molecule has 0 aliphatic carbocycles. The number of fused-ring (bicyclic) bond motifs is 1. The van der Waals surface area contributed by atoms with Crippen molar-refractivity contribution >= 4 is 5.91 Å². The van der Waals surface area contributed by atoms with E-state index in [1.807, 2.05) is 6.92 Å². The molecule has 25 heavy (non-hydrogen) atoms. The molecule has 2 aromatic rings. The van der Waals surface area contributed by atoms with Gasteiger partial charge in [-0.2, -0.15) is 0 Å². The predicted molar refractivity (Wildman–Crippen MR) is 87.1 cm³/mol. The SMILES string of the molecule is Cc1cnc(CNC(=O)c2nc3n(c(=O)c2O)CCOC3(C)C)cn1. The third kappa shape index (κ3) is 3.22. The van der Waals surface area contributed by atoms with Gasteiger partial charge in [0.15, 0.2) is 5.69 Å². The van der Waals surface area contributed by atoms with Gasteiger partial charge in [-0.05, 0) is 20.8 Å². The third-order valence-corrected chi connectivity index (χ3v) is 3.94. The topological polar surface area (TPSA) is 119 Å². The van der Waals surface area contributed by atoms with E-state index < -0.39 is 22.8 Å². The minimum Gasteiger partial charge on any atom is -0.501 e. The Hall–Kier alpha value is -2.81. The van der Waals surface area contributed by atoms with Gasteiger partial charge in [0.1, 0.15) is 11.4 Å². The minimum absolute atomic E-state index is 0.103. The summed E-state index contributed by atoms with van der Waals surface area (Å²) in [6.07, 6.45) is 3.13. The van der Waals surface area contributed by atoms with E-state index in [0.717, 1.165) is 5.69 Å². The molecule has 1 aliphatic rings. The Bertz CT molecular complexity index is 873. The van der Waals surface area contributed by atoms with E-state index in [2.05, 4.69) is 20.3 Å². The zero-order valence-corrected chi connectivity index (χ0v) is 14.2. The molecular weight excluding hydrogens is 326 g/mol. The second-order valence-corrected chi connectivity index (χ2v) is 6.28. The van der Waals surface area contributed by atoms with Crippen molar-refractivity contribution in [3.05, 3.63) is 45.7 Å². The second kappa shape index (κ2) is 6.25. The number of nitrogens with one attached hydrogen (secondary N) is 1. The summed E-state index contributed by atoms with van der Waals surface area (Å²) >= 11 is 0. The number of aryl methyl sites for hydroxylation is 1. The fraction of sp³-hybridized carbons (Fsp3) is 0.438. The zero-order chi connectivity index (χ0) is 18.2. The molecule has 0 saturated heterocycles. The Morgan fingerprint density at radius 3 is 2.84 bits per heavy atom. The van der Waals surface area contributed by atoms with Gasteiger partial charge in [-0.25, -0.2) is 4.98 Å². The lowest BCUT2D eigenvalue weighted by molar-refractivity contribution is -0.0566. The largest absolute Gasteiger partial charge is 0.501 e. The average Bonchev–Trinajstić information content (AvgIpc) is 2.57. The summed E-state index contributed by atoms with van der Waals surface area (Å²) < 4.78 is 6.94. The Morgan fingerprint density at radius 2 is 2.16 bits per heavy atom. The highest BCUT2D eigenvalue weighted by Gasteiger charge is 2.34. The van der Waals surface area contributed by atoms with Crippen LogP contribution in [0.2, 0.25) is 0 Å². The highest BCUT2D eigenvalue weighted by molar-refractivity contribution is 5.94. The van der Waals surface area contributed by atoms with E-state index in [0.29, 0.717) is 18.1 Å². The summed E-state index contributed by atoms with van der Waals surface area (Å²) in [5.41, 5.74) is -0.490. The van der Waals surface area contributed by atoms with Crippen LogP contribution in [0.25, 0.3) is 0 Å². The molecule has 0 fully saturated rings. The monoisotopic (exact) mass is 345 g/mol. The number of ether oxygens (including phenoxy) is 1. The second-order valence-electron chi connectivity index (χ2n) is 6.28.